The molecule has 0 spiro atoms. The predicted molar refractivity (Wildman–Crippen MR) is 84.5 cm³/mol. The Morgan fingerprint density at radius 3 is 2.45 bits per heavy atom. The number of hydrogen-bond donors (Lipinski definition) is 1. The number of thiazole rings is 1. The first-order valence-corrected chi connectivity index (χ1v) is 7.71. The van der Waals surface area contributed by atoms with Crippen molar-refractivity contribution in [3.05, 3.63) is 45.9 Å². The third kappa shape index (κ3) is 3.58. The van der Waals surface area contributed by atoms with Gasteiger partial charge in [-0.3, -0.25) is 4.79 Å². The molecule has 1 aromatic carbocycles. The van der Waals surface area contributed by atoms with E-state index in [2.05, 4.69) is 10.3 Å². The average molecular weight is 309 g/mol. The summed E-state index contributed by atoms with van der Waals surface area (Å²) in [5.41, 5.74) is 1.88. The summed E-state index contributed by atoms with van der Waals surface area (Å²) in [7, 11) is 0. The van der Waals surface area contributed by atoms with Crippen molar-refractivity contribution in [2.45, 2.75) is 26.7 Å². The molecule has 20 heavy (non-hydrogen) atoms. The molecule has 2 rings (SSSR count). The number of carbonyl (C=O) groups is 1. The van der Waals surface area contributed by atoms with Crippen molar-refractivity contribution in [1.82, 2.24) is 4.98 Å². The molecule has 1 amide bonds. The minimum atomic E-state index is -0.212. The van der Waals surface area contributed by atoms with E-state index in [9.17, 15) is 4.79 Å². The van der Waals surface area contributed by atoms with Crippen molar-refractivity contribution in [2.75, 3.05) is 5.32 Å². The van der Waals surface area contributed by atoms with Gasteiger partial charge < -0.3 is 5.32 Å². The van der Waals surface area contributed by atoms with Crippen LogP contribution in [0.5, 0.6) is 0 Å². The lowest BCUT2D eigenvalue weighted by atomic mass is 9.88. The fourth-order valence-corrected chi connectivity index (χ4v) is 2.92. The van der Waals surface area contributed by atoms with E-state index < -0.39 is 0 Å². The molecule has 0 aliphatic rings. The maximum absolute atomic E-state index is 12.5. The number of nitrogens with one attached hydrogen (secondary N) is 1. The van der Waals surface area contributed by atoms with E-state index in [1.54, 1.807) is 0 Å². The zero-order valence-electron chi connectivity index (χ0n) is 11.7. The zero-order chi connectivity index (χ0) is 14.7. The molecule has 0 saturated carbocycles. The Labute approximate surface area is 128 Å². The van der Waals surface area contributed by atoms with E-state index in [0.29, 0.717) is 10.2 Å². The minimum absolute atomic E-state index is 0.0309. The van der Waals surface area contributed by atoms with Gasteiger partial charge in [-0.15, -0.1) is 11.3 Å². The van der Waals surface area contributed by atoms with Crippen molar-refractivity contribution in [1.29, 1.82) is 0 Å². The smallest absolute Gasteiger partial charge is 0.233 e. The fourth-order valence-electron chi connectivity index (χ4n) is 2.10. The zero-order valence-corrected chi connectivity index (χ0v) is 13.3. The standard InChI is InChI=1S/C15H17ClN2OS/c1-9(2)13(11-4-6-12(16)7-5-11)14(19)18-15-17-10(3)8-20-15/h4-9,13H,1-3H3,(H,17,18,19)/t13-/m0/s1. The number of carbonyl (C=O) groups excluding carboxylic acids is 1. The molecular weight excluding hydrogens is 292 g/mol. The van der Waals surface area contributed by atoms with Gasteiger partial charge in [0, 0.05) is 10.4 Å². The van der Waals surface area contributed by atoms with Gasteiger partial charge in [0.2, 0.25) is 5.91 Å². The highest BCUT2D eigenvalue weighted by atomic mass is 35.5. The van der Waals surface area contributed by atoms with Crippen LogP contribution in [0, 0.1) is 12.8 Å². The summed E-state index contributed by atoms with van der Waals surface area (Å²) in [6.45, 7) is 5.98. The van der Waals surface area contributed by atoms with Crippen LogP contribution in [-0.4, -0.2) is 10.9 Å². The van der Waals surface area contributed by atoms with Crippen molar-refractivity contribution in [3.8, 4) is 0 Å². The summed E-state index contributed by atoms with van der Waals surface area (Å²) in [5, 5.41) is 6.13. The van der Waals surface area contributed by atoms with E-state index in [0.717, 1.165) is 11.3 Å². The molecule has 0 radical (unpaired) electrons. The maximum Gasteiger partial charge on any atom is 0.233 e. The SMILES string of the molecule is Cc1csc(NC(=O)[C@H](c2ccc(Cl)cc2)C(C)C)n1. The number of amides is 1. The molecule has 0 bridgehead atoms. The van der Waals surface area contributed by atoms with Crippen LogP contribution in [-0.2, 0) is 4.79 Å². The summed E-state index contributed by atoms with van der Waals surface area (Å²) >= 11 is 7.34. The molecule has 5 heteroatoms. The quantitative estimate of drug-likeness (QED) is 0.904. The molecule has 1 aromatic heterocycles. The van der Waals surface area contributed by atoms with Gasteiger partial charge in [0.25, 0.3) is 0 Å². The number of nitrogens with zero attached hydrogens (tertiary/aromatic N) is 1. The summed E-state index contributed by atoms with van der Waals surface area (Å²) < 4.78 is 0. The van der Waals surface area contributed by atoms with Crippen LogP contribution in [0.1, 0.15) is 31.0 Å². The van der Waals surface area contributed by atoms with Crippen LogP contribution in [0.4, 0.5) is 5.13 Å². The van der Waals surface area contributed by atoms with Gasteiger partial charge in [0.05, 0.1) is 11.6 Å². The summed E-state index contributed by atoms with van der Waals surface area (Å²) in [5.74, 6) is -0.0506. The van der Waals surface area contributed by atoms with Gasteiger partial charge in [0.1, 0.15) is 0 Å². The highest BCUT2D eigenvalue weighted by Crippen LogP contribution is 2.28. The van der Waals surface area contributed by atoms with Crippen LogP contribution in [0.25, 0.3) is 0 Å². The topological polar surface area (TPSA) is 42.0 Å². The minimum Gasteiger partial charge on any atom is -0.301 e. The van der Waals surface area contributed by atoms with Gasteiger partial charge in [0.15, 0.2) is 5.13 Å². The first-order valence-electron chi connectivity index (χ1n) is 6.46. The Morgan fingerprint density at radius 1 is 1.30 bits per heavy atom. The number of halogens is 1. The first kappa shape index (κ1) is 15.0. The summed E-state index contributed by atoms with van der Waals surface area (Å²) in [6, 6.07) is 7.43. The number of hydrogen-bond acceptors (Lipinski definition) is 3. The summed E-state index contributed by atoms with van der Waals surface area (Å²) in [6.07, 6.45) is 0. The van der Waals surface area contributed by atoms with Gasteiger partial charge >= 0.3 is 0 Å². The van der Waals surface area contributed by atoms with Crippen molar-refractivity contribution in [3.63, 3.8) is 0 Å². The van der Waals surface area contributed by atoms with E-state index in [4.69, 9.17) is 11.6 Å². The van der Waals surface area contributed by atoms with E-state index in [1.165, 1.54) is 11.3 Å². The van der Waals surface area contributed by atoms with Gasteiger partial charge in [-0.25, -0.2) is 4.98 Å². The Kier molecular flexibility index (Phi) is 4.78. The van der Waals surface area contributed by atoms with Crippen molar-refractivity contribution in [2.24, 2.45) is 5.92 Å². The lowest BCUT2D eigenvalue weighted by molar-refractivity contribution is -0.118. The maximum atomic E-state index is 12.5. The second kappa shape index (κ2) is 6.37. The largest absolute Gasteiger partial charge is 0.301 e. The fraction of sp³-hybridized carbons (Fsp3) is 0.333. The average Bonchev–Trinajstić information content (AvgIpc) is 2.77. The Morgan fingerprint density at radius 2 is 1.95 bits per heavy atom. The molecule has 0 unspecified atom stereocenters. The number of anilines is 1. The monoisotopic (exact) mass is 308 g/mol. The normalized spacial score (nSPS) is 12.4. The molecule has 0 aliphatic carbocycles. The van der Waals surface area contributed by atoms with Crippen molar-refractivity contribution < 1.29 is 4.79 Å². The predicted octanol–water partition coefficient (Wildman–Crippen LogP) is 4.48. The molecule has 3 nitrogen and oxygen atoms in total. The van der Waals surface area contributed by atoms with Crippen LogP contribution in [0.15, 0.2) is 29.6 Å². The van der Waals surface area contributed by atoms with Gasteiger partial charge in [-0.1, -0.05) is 37.6 Å². The van der Waals surface area contributed by atoms with Crippen LogP contribution in [0.2, 0.25) is 5.02 Å². The molecule has 0 fully saturated rings. The number of benzene rings is 1. The molecule has 0 aliphatic heterocycles. The van der Waals surface area contributed by atoms with Crippen molar-refractivity contribution >= 4 is 34.0 Å². The molecule has 2 aromatic rings. The third-order valence-corrected chi connectivity index (χ3v) is 4.15. The molecule has 1 N–H and O–H groups in total. The van der Waals surface area contributed by atoms with E-state index in [1.807, 2.05) is 50.4 Å². The van der Waals surface area contributed by atoms with Crippen LogP contribution < -0.4 is 5.32 Å². The Balaban J connectivity index is 2.20. The van der Waals surface area contributed by atoms with E-state index in [-0.39, 0.29) is 17.7 Å². The molecule has 106 valence electrons. The molecular formula is C15H17ClN2OS. The first-order chi connectivity index (χ1) is 9.47. The molecule has 0 saturated heterocycles. The number of aryl methyl sites for hydroxylation is 1. The Bertz CT molecular complexity index is 592. The lowest BCUT2D eigenvalue weighted by Crippen LogP contribution is -2.25. The van der Waals surface area contributed by atoms with Crippen LogP contribution >= 0.6 is 22.9 Å². The Hall–Kier alpha value is -1.39. The lowest BCUT2D eigenvalue weighted by Gasteiger charge is -2.20. The van der Waals surface area contributed by atoms with Gasteiger partial charge in [-0.2, -0.15) is 0 Å². The second-order valence-corrected chi connectivity index (χ2v) is 6.35. The highest BCUT2D eigenvalue weighted by Gasteiger charge is 2.24. The highest BCUT2D eigenvalue weighted by molar-refractivity contribution is 7.13. The second-order valence-electron chi connectivity index (χ2n) is 5.06. The van der Waals surface area contributed by atoms with Gasteiger partial charge in [-0.05, 0) is 30.5 Å². The third-order valence-electron chi connectivity index (χ3n) is 3.03. The molecule has 1 heterocycles. The summed E-state index contributed by atoms with van der Waals surface area (Å²) in [4.78, 5) is 16.7. The van der Waals surface area contributed by atoms with Crippen LogP contribution in [0.3, 0.4) is 0 Å². The molecule has 1 atom stereocenters. The number of aromatic nitrogens is 1. The van der Waals surface area contributed by atoms with E-state index >= 15 is 0 Å². The number of rotatable bonds is 4.